The van der Waals surface area contributed by atoms with Crippen LogP contribution < -0.4 is 15.0 Å². The molecule has 0 aliphatic carbocycles. The summed E-state index contributed by atoms with van der Waals surface area (Å²) in [6, 6.07) is 10.6. The predicted octanol–water partition coefficient (Wildman–Crippen LogP) is 3.07. The van der Waals surface area contributed by atoms with E-state index in [2.05, 4.69) is 32.3 Å². The number of aliphatic hydroxyl groups is 1. The molecule has 0 bridgehead atoms. The van der Waals surface area contributed by atoms with E-state index in [0.717, 1.165) is 43.6 Å². The maximum absolute atomic E-state index is 11.9. The van der Waals surface area contributed by atoms with Gasteiger partial charge in [0, 0.05) is 36.8 Å². The largest absolute Gasteiger partial charge is 0.456 e. The number of carbonyl (C=O) groups is 1. The quantitative estimate of drug-likeness (QED) is 0.417. The monoisotopic (exact) mass is 541 g/mol. The Balaban J connectivity index is 1.12. The number of aromatic amines is 1. The van der Waals surface area contributed by atoms with Gasteiger partial charge in [0.25, 0.3) is 6.01 Å². The molecule has 3 N–H and O–H groups in total. The predicted molar refractivity (Wildman–Crippen MR) is 143 cm³/mol. The molecular weight excluding hydrogens is 510 g/mol. The second kappa shape index (κ2) is 10.7. The third kappa shape index (κ3) is 5.05. The number of hydrogen-bond donors (Lipinski definition) is 3. The Labute approximate surface area is 225 Å². The van der Waals surface area contributed by atoms with Crippen molar-refractivity contribution in [3.8, 4) is 17.3 Å². The van der Waals surface area contributed by atoms with Crippen LogP contribution in [0.15, 0.2) is 30.3 Å². The van der Waals surface area contributed by atoms with Gasteiger partial charge in [0.05, 0.1) is 29.4 Å². The lowest BCUT2D eigenvalue weighted by Crippen LogP contribution is -2.44. The van der Waals surface area contributed by atoms with Crippen LogP contribution in [0.4, 0.5) is 5.69 Å². The maximum atomic E-state index is 11.9. The summed E-state index contributed by atoms with van der Waals surface area (Å²) in [6.45, 7) is 4.38. The average molecular weight is 542 g/mol. The third-order valence-corrected chi connectivity index (χ3v) is 7.78. The van der Waals surface area contributed by atoms with Crippen molar-refractivity contribution in [1.82, 2.24) is 20.3 Å². The van der Waals surface area contributed by atoms with Crippen molar-refractivity contribution in [3.63, 3.8) is 0 Å². The Kier molecular flexibility index (Phi) is 7.13. The van der Waals surface area contributed by atoms with E-state index in [9.17, 15) is 9.90 Å². The highest BCUT2D eigenvalue weighted by Gasteiger charge is 2.48. The second-order valence-electron chi connectivity index (χ2n) is 10.2. The number of hydrogen-bond acceptors (Lipinski definition) is 8. The summed E-state index contributed by atoms with van der Waals surface area (Å²) in [7, 11) is 0. The number of pyridine rings is 1. The molecule has 5 heterocycles. The number of nitrogens with one attached hydrogen (secondary N) is 2. The molecule has 3 aliphatic rings. The Bertz CT molecular complexity index is 1290. The van der Waals surface area contributed by atoms with Crippen molar-refractivity contribution in [2.75, 3.05) is 31.2 Å². The SMILES string of the molecule is CCCC(=O)NC1CCN(c2ccc(-c3nc4nc(O[C@@H]5COC6C5OC[C@H]6O)[nH]c4cc3Cl)cc2)CC1. The third-order valence-electron chi connectivity index (χ3n) is 7.49. The lowest BCUT2D eigenvalue weighted by atomic mass is 10.0. The van der Waals surface area contributed by atoms with Crippen LogP contribution in [-0.4, -0.2) is 82.7 Å². The Hall–Kier alpha value is -2.92. The molecule has 11 heteroatoms. The van der Waals surface area contributed by atoms with Crippen LogP contribution in [0.25, 0.3) is 22.4 Å². The first-order valence-corrected chi connectivity index (χ1v) is 13.6. The van der Waals surface area contributed by atoms with Crippen LogP contribution in [0.5, 0.6) is 6.01 Å². The molecule has 1 aromatic carbocycles. The number of imidazole rings is 1. The number of piperidine rings is 1. The lowest BCUT2D eigenvalue weighted by molar-refractivity contribution is -0.121. The number of ether oxygens (including phenoxy) is 3. The van der Waals surface area contributed by atoms with Gasteiger partial charge >= 0.3 is 0 Å². The van der Waals surface area contributed by atoms with E-state index in [0.29, 0.717) is 40.9 Å². The number of fused-ring (bicyclic) bond motifs is 2. The number of rotatable bonds is 7. The number of halogens is 1. The molecule has 1 amide bonds. The Morgan fingerprint density at radius 2 is 1.95 bits per heavy atom. The first kappa shape index (κ1) is 25.4. The van der Waals surface area contributed by atoms with E-state index in [-0.39, 0.29) is 36.9 Å². The van der Waals surface area contributed by atoms with Gasteiger partial charge in [0.15, 0.2) is 11.8 Å². The number of nitrogens with zero attached hydrogens (tertiary/aromatic N) is 3. The Morgan fingerprint density at radius 3 is 2.71 bits per heavy atom. The van der Waals surface area contributed by atoms with Crippen LogP contribution in [0.3, 0.4) is 0 Å². The highest BCUT2D eigenvalue weighted by molar-refractivity contribution is 6.33. The summed E-state index contributed by atoms with van der Waals surface area (Å²) < 4.78 is 17.2. The molecule has 0 saturated carbocycles. The van der Waals surface area contributed by atoms with Gasteiger partial charge in [-0.2, -0.15) is 4.98 Å². The van der Waals surface area contributed by atoms with Gasteiger partial charge in [0.1, 0.15) is 18.3 Å². The molecule has 38 heavy (non-hydrogen) atoms. The van der Waals surface area contributed by atoms with Crippen molar-refractivity contribution in [2.24, 2.45) is 0 Å². The fraction of sp³-hybridized carbons (Fsp3) is 0.519. The topological polar surface area (TPSA) is 122 Å². The molecule has 202 valence electrons. The van der Waals surface area contributed by atoms with Gasteiger partial charge in [0.2, 0.25) is 5.91 Å². The van der Waals surface area contributed by atoms with Gasteiger partial charge in [-0.05, 0) is 37.5 Å². The lowest BCUT2D eigenvalue weighted by Gasteiger charge is -2.34. The number of benzene rings is 1. The average Bonchev–Trinajstić information content (AvgIpc) is 3.61. The summed E-state index contributed by atoms with van der Waals surface area (Å²) in [6.07, 6.45) is 1.64. The van der Waals surface area contributed by atoms with Gasteiger partial charge in [-0.25, -0.2) is 4.98 Å². The molecule has 0 spiro atoms. The number of aromatic nitrogens is 3. The molecule has 6 rings (SSSR count). The minimum Gasteiger partial charge on any atom is -0.456 e. The smallest absolute Gasteiger partial charge is 0.296 e. The first-order valence-electron chi connectivity index (χ1n) is 13.3. The van der Waals surface area contributed by atoms with E-state index >= 15 is 0 Å². The van der Waals surface area contributed by atoms with Gasteiger partial charge in [-0.1, -0.05) is 30.7 Å². The molecule has 3 fully saturated rings. The van der Waals surface area contributed by atoms with Gasteiger partial charge < -0.3 is 34.5 Å². The van der Waals surface area contributed by atoms with Crippen LogP contribution in [0.1, 0.15) is 32.6 Å². The number of aliphatic hydroxyl groups excluding tert-OH is 1. The van der Waals surface area contributed by atoms with Crippen LogP contribution >= 0.6 is 11.6 Å². The molecule has 3 saturated heterocycles. The zero-order valence-corrected chi connectivity index (χ0v) is 22.0. The van der Waals surface area contributed by atoms with Gasteiger partial charge in [-0.3, -0.25) is 4.79 Å². The molecule has 10 nitrogen and oxygen atoms in total. The number of H-pyrrole nitrogens is 1. The van der Waals surface area contributed by atoms with Crippen molar-refractivity contribution >= 4 is 34.4 Å². The zero-order valence-electron chi connectivity index (χ0n) is 21.2. The van der Waals surface area contributed by atoms with Gasteiger partial charge in [-0.15, -0.1) is 0 Å². The van der Waals surface area contributed by atoms with E-state index in [1.165, 1.54) is 0 Å². The second-order valence-corrected chi connectivity index (χ2v) is 10.6. The first-order chi connectivity index (χ1) is 18.5. The van der Waals surface area contributed by atoms with Crippen LogP contribution in [-0.2, 0) is 14.3 Å². The normalized spacial score (nSPS) is 25.6. The Morgan fingerprint density at radius 1 is 1.18 bits per heavy atom. The number of carbonyl (C=O) groups excluding carboxylic acids is 1. The van der Waals surface area contributed by atoms with Crippen molar-refractivity contribution in [3.05, 3.63) is 35.4 Å². The minimum atomic E-state index is -0.635. The molecule has 2 aromatic heterocycles. The summed E-state index contributed by atoms with van der Waals surface area (Å²) in [5.41, 5.74) is 3.84. The summed E-state index contributed by atoms with van der Waals surface area (Å²) in [5, 5.41) is 13.6. The van der Waals surface area contributed by atoms with E-state index < -0.39 is 6.10 Å². The number of amides is 1. The van der Waals surface area contributed by atoms with Crippen LogP contribution in [0, 0.1) is 0 Å². The molecule has 3 aliphatic heterocycles. The minimum absolute atomic E-state index is 0.149. The summed E-state index contributed by atoms with van der Waals surface area (Å²) >= 11 is 6.61. The molecular formula is C27H32ClN5O5. The number of anilines is 1. The molecule has 2 unspecified atom stereocenters. The molecule has 3 aromatic rings. The van der Waals surface area contributed by atoms with Crippen molar-refractivity contribution in [2.45, 2.75) is 63.1 Å². The zero-order chi connectivity index (χ0) is 26.2. The fourth-order valence-electron chi connectivity index (χ4n) is 5.48. The van der Waals surface area contributed by atoms with Crippen molar-refractivity contribution in [1.29, 1.82) is 0 Å². The van der Waals surface area contributed by atoms with Crippen LogP contribution in [0.2, 0.25) is 5.02 Å². The highest BCUT2D eigenvalue weighted by Crippen LogP contribution is 2.33. The molecule has 4 atom stereocenters. The fourth-order valence-corrected chi connectivity index (χ4v) is 5.74. The standard InChI is InChI=1S/C27H32ClN5O5/c1-2-3-22(35)29-16-8-10-33(11-9-16)17-6-4-15(5-7-17)23-18(28)12-19-26(31-23)32-27(30-19)38-21-14-37-24-20(34)13-36-25(21)24/h4-7,12,16,20-21,24-25,34H,2-3,8-11,13-14H2,1H3,(H,29,35)(H,30,31,32)/t20-,21-,24?,25?/m1/s1. The van der Waals surface area contributed by atoms with E-state index in [4.69, 9.17) is 30.8 Å². The maximum Gasteiger partial charge on any atom is 0.296 e. The summed E-state index contributed by atoms with van der Waals surface area (Å²) in [4.78, 5) is 26.6. The molecule has 0 radical (unpaired) electrons. The van der Waals surface area contributed by atoms with E-state index in [1.807, 2.05) is 19.1 Å². The summed E-state index contributed by atoms with van der Waals surface area (Å²) in [5.74, 6) is 0.149. The highest BCUT2D eigenvalue weighted by atomic mass is 35.5. The van der Waals surface area contributed by atoms with E-state index in [1.54, 1.807) is 6.07 Å². The van der Waals surface area contributed by atoms with Crippen molar-refractivity contribution < 1.29 is 24.1 Å².